The van der Waals surface area contributed by atoms with E-state index in [1.807, 2.05) is 19.2 Å². The Bertz CT molecular complexity index is 1020. The van der Waals surface area contributed by atoms with Gasteiger partial charge in [-0.15, -0.1) is 0 Å². The van der Waals surface area contributed by atoms with Crippen LogP contribution in [0, 0.1) is 12.9 Å². The maximum absolute atomic E-state index is 14.1. The summed E-state index contributed by atoms with van der Waals surface area (Å²) in [6.45, 7) is 6.48. The molecule has 28 heavy (non-hydrogen) atoms. The van der Waals surface area contributed by atoms with Gasteiger partial charge in [-0.1, -0.05) is 11.3 Å². The minimum atomic E-state index is -0.534. The lowest BCUT2D eigenvalue weighted by Crippen LogP contribution is -2.28. The van der Waals surface area contributed by atoms with Gasteiger partial charge in [0.25, 0.3) is 0 Å². The Balaban J connectivity index is 1.41. The smallest absolute Gasteiger partial charge is 0.230 e. The van der Waals surface area contributed by atoms with Gasteiger partial charge in [0.2, 0.25) is 17.7 Å². The van der Waals surface area contributed by atoms with Crippen molar-refractivity contribution < 1.29 is 13.9 Å². The fourth-order valence-corrected chi connectivity index (χ4v) is 4.30. The second-order valence-corrected chi connectivity index (χ2v) is 8.11. The highest BCUT2D eigenvalue weighted by Crippen LogP contribution is 2.28. The monoisotopic (exact) mass is 404 g/mol. The molecule has 1 fully saturated rings. The van der Waals surface area contributed by atoms with Crippen molar-refractivity contribution in [2.75, 3.05) is 11.9 Å². The predicted octanol–water partition coefficient (Wildman–Crippen LogP) is 2.63. The highest BCUT2D eigenvalue weighted by atomic mass is 32.1. The molecule has 0 saturated carbocycles. The number of carbonyl (C=O) groups is 1. The van der Waals surface area contributed by atoms with Crippen LogP contribution in [0.5, 0.6) is 5.88 Å². The van der Waals surface area contributed by atoms with Crippen molar-refractivity contribution >= 4 is 28.0 Å². The maximum Gasteiger partial charge on any atom is 0.230 e. The molecule has 0 aliphatic carbocycles. The Hall–Kier alpha value is -2.59. The van der Waals surface area contributed by atoms with Crippen molar-refractivity contribution in [1.29, 1.82) is 0 Å². The zero-order chi connectivity index (χ0) is 19.8. The molecule has 8 nitrogen and oxygen atoms in total. The van der Waals surface area contributed by atoms with Gasteiger partial charge in [0.15, 0.2) is 10.8 Å². The lowest BCUT2D eigenvalue weighted by Gasteiger charge is -2.19. The van der Waals surface area contributed by atoms with Gasteiger partial charge in [-0.3, -0.25) is 9.69 Å². The van der Waals surface area contributed by atoms with Crippen molar-refractivity contribution in [2.24, 2.45) is 0 Å². The molecule has 148 valence electrons. The number of halogens is 1. The number of hydrogen-bond acceptors (Lipinski definition) is 7. The van der Waals surface area contributed by atoms with Crippen LogP contribution in [0.25, 0.3) is 5.65 Å². The molecule has 1 saturated heterocycles. The van der Waals surface area contributed by atoms with E-state index in [0.29, 0.717) is 23.8 Å². The van der Waals surface area contributed by atoms with Crippen molar-refractivity contribution in [1.82, 2.24) is 24.5 Å². The van der Waals surface area contributed by atoms with E-state index in [0.717, 1.165) is 29.1 Å². The average Bonchev–Trinajstić information content (AvgIpc) is 3.24. The predicted molar refractivity (Wildman–Crippen MR) is 103 cm³/mol. The summed E-state index contributed by atoms with van der Waals surface area (Å²) in [6, 6.07) is 3.93. The largest absolute Gasteiger partial charge is 0.473 e. The molecule has 0 unspecified atom stereocenters. The number of nitrogens with one attached hydrogen (secondary N) is 1. The van der Waals surface area contributed by atoms with E-state index in [4.69, 9.17) is 4.74 Å². The number of aromatic nitrogens is 4. The highest BCUT2D eigenvalue weighted by Gasteiger charge is 2.32. The van der Waals surface area contributed by atoms with Gasteiger partial charge >= 0.3 is 0 Å². The molecule has 1 aliphatic heterocycles. The van der Waals surface area contributed by atoms with Gasteiger partial charge < -0.3 is 10.1 Å². The number of aryl methyl sites for hydroxylation is 1. The van der Waals surface area contributed by atoms with E-state index in [-0.39, 0.29) is 23.2 Å². The van der Waals surface area contributed by atoms with Gasteiger partial charge in [-0.2, -0.15) is 19.5 Å². The average molecular weight is 404 g/mol. The van der Waals surface area contributed by atoms with Crippen LogP contribution in [-0.2, 0) is 11.3 Å². The summed E-state index contributed by atoms with van der Waals surface area (Å²) in [5.74, 6) is -0.238. The van der Waals surface area contributed by atoms with E-state index >= 15 is 0 Å². The van der Waals surface area contributed by atoms with E-state index in [1.54, 1.807) is 10.6 Å². The number of likely N-dealkylation sites (tertiary alicyclic amines) is 1. The fourth-order valence-electron chi connectivity index (χ4n) is 3.39. The van der Waals surface area contributed by atoms with Crippen LogP contribution in [0.4, 0.5) is 9.52 Å². The molecule has 1 N–H and O–H groups in total. The molecule has 2 atom stereocenters. The fraction of sp³-hybridized carbons (Fsp3) is 0.444. The third-order valence-corrected chi connectivity index (χ3v) is 5.58. The third-order valence-electron chi connectivity index (χ3n) is 4.65. The van der Waals surface area contributed by atoms with Gasteiger partial charge in [0, 0.05) is 50.8 Å². The van der Waals surface area contributed by atoms with Gasteiger partial charge in [0.05, 0.1) is 10.6 Å². The van der Waals surface area contributed by atoms with Crippen molar-refractivity contribution in [3.63, 3.8) is 0 Å². The summed E-state index contributed by atoms with van der Waals surface area (Å²) < 4.78 is 21.9. The Kier molecular flexibility index (Phi) is 4.98. The van der Waals surface area contributed by atoms with Crippen LogP contribution in [0.15, 0.2) is 18.3 Å². The molecule has 4 heterocycles. The first-order valence-electron chi connectivity index (χ1n) is 9.04. The summed E-state index contributed by atoms with van der Waals surface area (Å²) in [7, 11) is 0. The molecule has 4 rings (SSSR count). The normalized spacial score (nSPS) is 20.0. The molecule has 0 bridgehead atoms. The van der Waals surface area contributed by atoms with Crippen LogP contribution < -0.4 is 10.1 Å². The molecular formula is C18H21FN6O2S. The molecule has 0 spiro atoms. The van der Waals surface area contributed by atoms with Crippen LogP contribution in [0.2, 0.25) is 0 Å². The SMILES string of the molecule is CC(=O)Nc1nc(F)c(CN2C[C@H](Oc3ccn4nc(C)cc4n3)C[C@@H]2C)s1. The number of ether oxygens (including phenoxy) is 1. The molecule has 1 amide bonds. The summed E-state index contributed by atoms with van der Waals surface area (Å²) >= 11 is 1.16. The second kappa shape index (κ2) is 7.44. The van der Waals surface area contributed by atoms with E-state index in [9.17, 15) is 9.18 Å². The second-order valence-electron chi connectivity index (χ2n) is 7.02. The number of fused-ring (bicyclic) bond motifs is 1. The number of thiazole rings is 1. The van der Waals surface area contributed by atoms with Crippen LogP contribution in [0.1, 0.15) is 30.8 Å². The molecular weight excluding hydrogens is 383 g/mol. The summed E-state index contributed by atoms with van der Waals surface area (Å²) in [5.41, 5.74) is 1.64. The van der Waals surface area contributed by atoms with Gasteiger partial charge in [-0.05, 0) is 13.8 Å². The zero-order valence-electron chi connectivity index (χ0n) is 15.8. The number of nitrogens with zero attached hydrogens (tertiary/aromatic N) is 5. The lowest BCUT2D eigenvalue weighted by molar-refractivity contribution is -0.114. The van der Waals surface area contributed by atoms with Gasteiger partial charge in [-0.25, -0.2) is 4.52 Å². The van der Waals surface area contributed by atoms with Crippen molar-refractivity contribution in [3.05, 3.63) is 34.8 Å². The minimum absolute atomic E-state index is 0.0280. The summed E-state index contributed by atoms with van der Waals surface area (Å²) in [5, 5.41) is 7.12. The third kappa shape index (κ3) is 3.97. The Morgan fingerprint density at radius 3 is 3.07 bits per heavy atom. The quantitative estimate of drug-likeness (QED) is 0.704. The molecule has 0 aromatic carbocycles. The first-order chi connectivity index (χ1) is 13.4. The summed E-state index contributed by atoms with van der Waals surface area (Å²) in [6.07, 6.45) is 2.63. The Morgan fingerprint density at radius 1 is 1.46 bits per heavy atom. The lowest BCUT2D eigenvalue weighted by atomic mass is 10.2. The number of hydrogen-bond donors (Lipinski definition) is 1. The number of amides is 1. The topological polar surface area (TPSA) is 84.7 Å². The number of rotatable bonds is 5. The summed E-state index contributed by atoms with van der Waals surface area (Å²) in [4.78, 5) is 22.1. The Morgan fingerprint density at radius 2 is 2.29 bits per heavy atom. The number of carbonyl (C=O) groups excluding carboxylic acids is 1. The molecule has 3 aromatic rings. The molecule has 0 radical (unpaired) electrons. The Labute approximate surface area is 165 Å². The standard InChI is InChI=1S/C18H21FN6O2S/c1-10-6-15-21-16(4-5-25(15)23-10)27-13-7-11(2)24(8-13)9-14-17(19)22-18(28-14)20-12(3)26/h4-6,11,13H,7-9H2,1-3H3,(H,20,22,26)/t11-,13+/m0/s1. The van der Waals surface area contributed by atoms with Crippen molar-refractivity contribution in [3.8, 4) is 5.88 Å². The first kappa shape index (κ1) is 18.8. The molecule has 1 aliphatic rings. The van der Waals surface area contributed by atoms with E-state index in [2.05, 4.69) is 32.2 Å². The molecule has 10 heteroatoms. The van der Waals surface area contributed by atoms with E-state index < -0.39 is 5.95 Å². The highest BCUT2D eigenvalue weighted by molar-refractivity contribution is 7.15. The number of anilines is 1. The van der Waals surface area contributed by atoms with Crippen LogP contribution in [-0.4, -0.2) is 49.1 Å². The maximum atomic E-state index is 14.1. The zero-order valence-corrected chi connectivity index (χ0v) is 16.7. The van der Waals surface area contributed by atoms with Crippen molar-refractivity contribution in [2.45, 2.75) is 45.9 Å². The molecule has 3 aromatic heterocycles. The van der Waals surface area contributed by atoms with Crippen LogP contribution >= 0.6 is 11.3 Å². The van der Waals surface area contributed by atoms with E-state index in [1.165, 1.54) is 6.92 Å². The minimum Gasteiger partial charge on any atom is -0.473 e. The van der Waals surface area contributed by atoms with Crippen LogP contribution in [0.3, 0.4) is 0 Å². The van der Waals surface area contributed by atoms with Gasteiger partial charge in [0.1, 0.15) is 6.10 Å². The first-order valence-corrected chi connectivity index (χ1v) is 9.85.